The van der Waals surface area contributed by atoms with Crippen LogP contribution in [0.4, 0.5) is 0 Å². The highest BCUT2D eigenvalue weighted by atomic mass is 16.4. The second-order valence-corrected chi connectivity index (χ2v) is 4.39. The minimum Gasteiger partial charge on any atom is -0.481 e. The Balaban J connectivity index is 2.94. The summed E-state index contributed by atoms with van der Waals surface area (Å²) in [6.07, 6.45) is -0.116. The van der Waals surface area contributed by atoms with Crippen LogP contribution < -0.4 is 5.73 Å². The average Bonchev–Trinajstić information content (AvgIpc) is 2.15. The number of nitrogens with two attached hydrogens (primary N) is 1. The van der Waals surface area contributed by atoms with Crippen LogP contribution in [0, 0.1) is 0 Å². The lowest BCUT2D eigenvalue weighted by atomic mass is 9.94. The van der Waals surface area contributed by atoms with Gasteiger partial charge in [0, 0.05) is 6.04 Å². The van der Waals surface area contributed by atoms with Gasteiger partial charge < -0.3 is 15.9 Å². The molecular formula is C12H17NO3. The minimum absolute atomic E-state index is 0.116. The first kappa shape index (κ1) is 12.7. The van der Waals surface area contributed by atoms with Crippen molar-refractivity contribution in [3.8, 4) is 0 Å². The summed E-state index contributed by atoms with van der Waals surface area (Å²) in [5.74, 6) is -0.929. The van der Waals surface area contributed by atoms with E-state index in [1.807, 2.05) is 0 Å². The third-order valence-corrected chi connectivity index (χ3v) is 2.42. The first-order valence-electron chi connectivity index (χ1n) is 5.11. The highest BCUT2D eigenvalue weighted by molar-refractivity contribution is 5.67. The number of aliphatic hydroxyl groups is 1. The van der Waals surface area contributed by atoms with E-state index in [0.29, 0.717) is 0 Å². The molecule has 0 aliphatic rings. The number of hydrogen-bond donors (Lipinski definition) is 3. The van der Waals surface area contributed by atoms with Gasteiger partial charge in [-0.05, 0) is 25.0 Å². The molecule has 16 heavy (non-hydrogen) atoms. The second kappa shape index (κ2) is 4.63. The molecule has 0 radical (unpaired) electrons. The van der Waals surface area contributed by atoms with Crippen molar-refractivity contribution in [3.05, 3.63) is 35.4 Å². The van der Waals surface area contributed by atoms with E-state index in [2.05, 4.69) is 0 Å². The molecule has 1 aromatic carbocycles. The van der Waals surface area contributed by atoms with Gasteiger partial charge in [0.05, 0.1) is 12.0 Å². The quantitative estimate of drug-likeness (QED) is 0.720. The highest BCUT2D eigenvalue weighted by Gasteiger charge is 2.18. The second-order valence-electron chi connectivity index (χ2n) is 4.39. The Labute approximate surface area is 94.7 Å². The normalized spacial score (nSPS) is 13.5. The lowest BCUT2D eigenvalue weighted by molar-refractivity contribution is -0.137. The van der Waals surface area contributed by atoms with Gasteiger partial charge in [-0.15, -0.1) is 0 Å². The Bertz CT molecular complexity index is 382. The lowest BCUT2D eigenvalue weighted by Gasteiger charge is -2.19. The van der Waals surface area contributed by atoms with E-state index >= 15 is 0 Å². The van der Waals surface area contributed by atoms with E-state index in [1.165, 1.54) is 0 Å². The van der Waals surface area contributed by atoms with Crippen LogP contribution in [0.2, 0.25) is 0 Å². The van der Waals surface area contributed by atoms with Crippen molar-refractivity contribution in [2.45, 2.75) is 31.9 Å². The third kappa shape index (κ3) is 3.32. The van der Waals surface area contributed by atoms with E-state index in [0.717, 1.165) is 11.1 Å². The standard InChI is InChI=1S/C12H17NO3/c1-12(2,16)9-5-3-4-8(6-9)10(13)7-11(14)15/h3-6,10,16H,7,13H2,1-2H3,(H,14,15). The van der Waals surface area contributed by atoms with Crippen molar-refractivity contribution in [3.63, 3.8) is 0 Å². The summed E-state index contributed by atoms with van der Waals surface area (Å²) in [4.78, 5) is 10.5. The van der Waals surface area contributed by atoms with Crippen molar-refractivity contribution >= 4 is 5.97 Å². The van der Waals surface area contributed by atoms with Crippen molar-refractivity contribution in [1.29, 1.82) is 0 Å². The van der Waals surface area contributed by atoms with E-state index in [-0.39, 0.29) is 6.42 Å². The van der Waals surface area contributed by atoms with Gasteiger partial charge in [-0.2, -0.15) is 0 Å². The summed E-state index contributed by atoms with van der Waals surface area (Å²) in [7, 11) is 0. The topological polar surface area (TPSA) is 83.5 Å². The minimum atomic E-state index is -0.945. The fraction of sp³-hybridized carbons (Fsp3) is 0.417. The summed E-state index contributed by atoms with van der Waals surface area (Å²) in [5, 5.41) is 18.5. The Kier molecular flexibility index (Phi) is 3.67. The maximum Gasteiger partial charge on any atom is 0.305 e. The smallest absolute Gasteiger partial charge is 0.305 e. The zero-order valence-corrected chi connectivity index (χ0v) is 9.47. The van der Waals surface area contributed by atoms with Gasteiger partial charge >= 0.3 is 5.97 Å². The summed E-state index contributed by atoms with van der Waals surface area (Å²) in [6.45, 7) is 3.35. The van der Waals surface area contributed by atoms with Gasteiger partial charge in [-0.3, -0.25) is 4.79 Å². The molecule has 1 unspecified atom stereocenters. The van der Waals surface area contributed by atoms with Gasteiger partial charge in [-0.25, -0.2) is 0 Å². The molecule has 1 atom stereocenters. The molecule has 4 nitrogen and oxygen atoms in total. The zero-order chi connectivity index (χ0) is 12.3. The SMILES string of the molecule is CC(C)(O)c1cccc(C(N)CC(=O)O)c1. The molecule has 4 heteroatoms. The van der Waals surface area contributed by atoms with E-state index < -0.39 is 17.6 Å². The molecule has 4 N–H and O–H groups in total. The monoisotopic (exact) mass is 223 g/mol. The van der Waals surface area contributed by atoms with Crippen molar-refractivity contribution < 1.29 is 15.0 Å². The predicted octanol–water partition coefficient (Wildman–Crippen LogP) is 1.39. The van der Waals surface area contributed by atoms with E-state index in [1.54, 1.807) is 38.1 Å². The van der Waals surface area contributed by atoms with Gasteiger partial charge in [0.2, 0.25) is 0 Å². The predicted molar refractivity (Wildman–Crippen MR) is 60.9 cm³/mol. The molecule has 0 saturated heterocycles. The maximum absolute atomic E-state index is 10.5. The number of hydrogen-bond acceptors (Lipinski definition) is 3. The van der Waals surface area contributed by atoms with Crippen LogP contribution in [0.1, 0.15) is 37.4 Å². The van der Waals surface area contributed by atoms with Crippen LogP contribution >= 0.6 is 0 Å². The molecule has 1 rings (SSSR count). The fourth-order valence-electron chi connectivity index (χ4n) is 1.46. The third-order valence-electron chi connectivity index (χ3n) is 2.42. The van der Waals surface area contributed by atoms with E-state index in [9.17, 15) is 9.90 Å². The van der Waals surface area contributed by atoms with Crippen molar-refractivity contribution in [2.24, 2.45) is 5.73 Å². The van der Waals surface area contributed by atoms with Gasteiger partial charge in [0.25, 0.3) is 0 Å². The van der Waals surface area contributed by atoms with Crippen molar-refractivity contribution in [1.82, 2.24) is 0 Å². The zero-order valence-electron chi connectivity index (χ0n) is 9.47. The summed E-state index contributed by atoms with van der Waals surface area (Å²) < 4.78 is 0. The number of carbonyl (C=O) groups is 1. The summed E-state index contributed by atoms with van der Waals surface area (Å²) >= 11 is 0. The number of rotatable bonds is 4. The van der Waals surface area contributed by atoms with Gasteiger partial charge in [0.15, 0.2) is 0 Å². The summed E-state index contributed by atoms with van der Waals surface area (Å²) in [6, 6.07) is 6.53. The first-order valence-corrected chi connectivity index (χ1v) is 5.11. The Morgan fingerprint density at radius 1 is 1.50 bits per heavy atom. The molecule has 88 valence electrons. The molecule has 0 heterocycles. The summed E-state index contributed by atoms with van der Waals surface area (Å²) in [5.41, 5.74) is 6.25. The van der Waals surface area contributed by atoms with Crippen LogP contribution in [-0.4, -0.2) is 16.2 Å². The molecule has 0 bridgehead atoms. The molecule has 0 aromatic heterocycles. The number of aliphatic carboxylic acids is 1. The molecular weight excluding hydrogens is 206 g/mol. The van der Waals surface area contributed by atoms with Crippen LogP contribution in [0.15, 0.2) is 24.3 Å². The molecule has 0 fully saturated rings. The number of carboxylic acid groups (broad SMARTS) is 1. The molecule has 1 aromatic rings. The van der Waals surface area contributed by atoms with Crippen LogP contribution in [0.5, 0.6) is 0 Å². The Morgan fingerprint density at radius 2 is 2.12 bits per heavy atom. The number of benzene rings is 1. The molecule has 0 aliphatic carbocycles. The lowest BCUT2D eigenvalue weighted by Crippen LogP contribution is -2.18. The van der Waals surface area contributed by atoms with Crippen molar-refractivity contribution in [2.75, 3.05) is 0 Å². The molecule has 0 amide bonds. The highest BCUT2D eigenvalue weighted by Crippen LogP contribution is 2.23. The van der Waals surface area contributed by atoms with Crippen LogP contribution in [0.3, 0.4) is 0 Å². The van der Waals surface area contributed by atoms with Crippen LogP contribution in [-0.2, 0) is 10.4 Å². The fourth-order valence-corrected chi connectivity index (χ4v) is 1.46. The maximum atomic E-state index is 10.5. The Hall–Kier alpha value is -1.39. The van der Waals surface area contributed by atoms with E-state index in [4.69, 9.17) is 10.8 Å². The first-order chi connectivity index (χ1) is 7.30. The van der Waals surface area contributed by atoms with Gasteiger partial charge in [-0.1, -0.05) is 24.3 Å². The Morgan fingerprint density at radius 3 is 2.62 bits per heavy atom. The largest absolute Gasteiger partial charge is 0.481 e. The van der Waals surface area contributed by atoms with Crippen LogP contribution in [0.25, 0.3) is 0 Å². The number of carboxylic acids is 1. The molecule has 0 aliphatic heterocycles. The van der Waals surface area contributed by atoms with Gasteiger partial charge in [0.1, 0.15) is 0 Å². The average molecular weight is 223 g/mol. The molecule has 0 spiro atoms. The molecule has 0 saturated carbocycles.